The highest BCUT2D eigenvalue weighted by atomic mass is 32.2. The van der Waals surface area contributed by atoms with Gasteiger partial charge in [-0.05, 0) is 24.9 Å². The van der Waals surface area contributed by atoms with Gasteiger partial charge in [-0.2, -0.15) is 11.8 Å². The molecular weight excluding hydrogens is 270 g/mol. The van der Waals surface area contributed by atoms with Gasteiger partial charge in [-0.1, -0.05) is 0 Å². The molecule has 0 aromatic carbocycles. The first-order chi connectivity index (χ1) is 9.02. The molecule has 1 saturated heterocycles. The number of thioether (sulfide) groups is 1. The molecule has 3 amide bonds. The van der Waals surface area contributed by atoms with Crippen molar-refractivity contribution in [3.05, 3.63) is 0 Å². The maximum Gasteiger partial charge on any atom is 0.326 e. The fourth-order valence-corrected chi connectivity index (χ4v) is 2.22. The van der Waals surface area contributed by atoms with Gasteiger partial charge in [-0.3, -0.25) is 4.79 Å². The fourth-order valence-electron chi connectivity index (χ4n) is 1.75. The van der Waals surface area contributed by atoms with Crippen molar-refractivity contribution in [2.24, 2.45) is 0 Å². The summed E-state index contributed by atoms with van der Waals surface area (Å²) in [6.07, 6.45) is 3.42. The van der Waals surface area contributed by atoms with Gasteiger partial charge in [0.05, 0.1) is 0 Å². The van der Waals surface area contributed by atoms with E-state index in [1.54, 1.807) is 0 Å². The van der Waals surface area contributed by atoms with Crippen molar-refractivity contribution < 1.29 is 19.5 Å². The lowest BCUT2D eigenvalue weighted by molar-refractivity contribution is -0.139. The van der Waals surface area contributed by atoms with Gasteiger partial charge in [0.15, 0.2) is 0 Å². The van der Waals surface area contributed by atoms with Crippen LogP contribution in [0.5, 0.6) is 0 Å². The van der Waals surface area contributed by atoms with Crippen molar-refractivity contribution in [1.29, 1.82) is 0 Å². The maximum absolute atomic E-state index is 11.6. The van der Waals surface area contributed by atoms with Crippen molar-refractivity contribution >= 4 is 29.7 Å². The van der Waals surface area contributed by atoms with Crippen LogP contribution in [0.25, 0.3) is 0 Å². The zero-order chi connectivity index (χ0) is 14.3. The Morgan fingerprint density at radius 3 is 2.84 bits per heavy atom. The van der Waals surface area contributed by atoms with E-state index in [0.717, 1.165) is 0 Å². The van der Waals surface area contributed by atoms with Crippen LogP contribution in [0.2, 0.25) is 0 Å². The molecule has 7 nitrogen and oxygen atoms in total. The van der Waals surface area contributed by atoms with E-state index in [4.69, 9.17) is 5.11 Å². The molecule has 2 atom stereocenters. The predicted octanol–water partition coefficient (Wildman–Crippen LogP) is -0.229. The zero-order valence-electron chi connectivity index (χ0n) is 10.8. The molecule has 0 radical (unpaired) electrons. The Hall–Kier alpha value is -1.44. The predicted molar refractivity (Wildman–Crippen MR) is 72.1 cm³/mol. The van der Waals surface area contributed by atoms with E-state index in [0.29, 0.717) is 31.6 Å². The van der Waals surface area contributed by atoms with Crippen LogP contribution in [0.1, 0.15) is 19.3 Å². The van der Waals surface area contributed by atoms with Crippen LogP contribution in [0.3, 0.4) is 0 Å². The number of carbonyl (C=O) groups excluding carboxylic acids is 2. The van der Waals surface area contributed by atoms with E-state index >= 15 is 0 Å². The second kappa shape index (κ2) is 7.88. The third-order valence-corrected chi connectivity index (χ3v) is 3.45. The molecule has 1 aliphatic rings. The van der Waals surface area contributed by atoms with Crippen LogP contribution in [-0.2, 0) is 9.59 Å². The van der Waals surface area contributed by atoms with E-state index in [1.807, 2.05) is 6.26 Å². The third-order valence-electron chi connectivity index (χ3n) is 2.81. The summed E-state index contributed by atoms with van der Waals surface area (Å²) >= 11 is 1.53. The fraction of sp³-hybridized carbons (Fsp3) is 0.727. The number of carbonyl (C=O) groups is 3. The van der Waals surface area contributed by atoms with Gasteiger partial charge >= 0.3 is 12.0 Å². The van der Waals surface area contributed by atoms with Crippen LogP contribution in [0.4, 0.5) is 4.79 Å². The number of hydrogen-bond donors (Lipinski definition) is 4. The van der Waals surface area contributed by atoms with E-state index in [9.17, 15) is 14.4 Å². The van der Waals surface area contributed by atoms with Gasteiger partial charge in [0.25, 0.3) is 0 Å². The number of amides is 3. The van der Waals surface area contributed by atoms with Gasteiger partial charge in [-0.15, -0.1) is 0 Å². The Morgan fingerprint density at radius 1 is 1.58 bits per heavy atom. The monoisotopic (exact) mass is 289 g/mol. The minimum absolute atomic E-state index is 0.0180. The molecule has 0 aromatic rings. The maximum atomic E-state index is 11.6. The molecule has 8 heteroatoms. The summed E-state index contributed by atoms with van der Waals surface area (Å²) in [7, 11) is 0. The van der Waals surface area contributed by atoms with E-state index < -0.39 is 18.0 Å². The number of carboxylic acid groups (broad SMARTS) is 1. The van der Waals surface area contributed by atoms with Crippen molar-refractivity contribution in [3.8, 4) is 0 Å². The minimum Gasteiger partial charge on any atom is -0.480 e. The Kier molecular flexibility index (Phi) is 6.48. The second-order valence-corrected chi connectivity index (χ2v) is 5.32. The van der Waals surface area contributed by atoms with Gasteiger partial charge < -0.3 is 21.1 Å². The summed E-state index contributed by atoms with van der Waals surface area (Å²) in [5.41, 5.74) is 0. The molecule has 0 spiro atoms. The highest BCUT2D eigenvalue weighted by molar-refractivity contribution is 7.98. The highest BCUT2D eigenvalue weighted by Gasteiger charge is 2.22. The van der Waals surface area contributed by atoms with Crippen molar-refractivity contribution in [3.63, 3.8) is 0 Å². The lowest BCUT2D eigenvalue weighted by Crippen LogP contribution is -2.49. The van der Waals surface area contributed by atoms with E-state index in [-0.39, 0.29) is 11.9 Å². The van der Waals surface area contributed by atoms with E-state index in [2.05, 4.69) is 16.0 Å². The van der Waals surface area contributed by atoms with Crippen molar-refractivity contribution in [2.75, 3.05) is 18.6 Å². The normalized spacial score (nSPS) is 19.6. The first-order valence-electron chi connectivity index (χ1n) is 6.08. The van der Waals surface area contributed by atoms with Gasteiger partial charge in [0, 0.05) is 19.0 Å². The van der Waals surface area contributed by atoms with Crippen LogP contribution >= 0.6 is 11.8 Å². The number of carboxylic acids is 1. The number of nitrogens with one attached hydrogen (secondary N) is 3. The van der Waals surface area contributed by atoms with Crippen molar-refractivity contribution in [2.45, 2.75) is 31.3 Å². The van der Waals surface area contributed by atoms with Crippen LogP contribution in [0.15, 0.2) is 0 Å². The quantitative estimate of drug-likeness (QED) is 0.518. The third kappa shape index (κ3) is 5.82. The largest absolute Gasteiger partial charge is 0.480 e. The van der Waals surface area contributed by atoms with E-state index in [1.165, 1.54) is 11.8 Å². The molecule has 0 aliphatic carbocycles. The summed E-state index contributed by atoms with van der Waals surface area (Å²) in [4.78, 5) is 33.5. The Morgan fingerprint density at radius 2 is 2.32 bits per heavy atom. The van der Waals surface area contributed by atoms with Crippen LogP contribution in [-0.4, -0.2) is 53.7 Å². The van der Waals surface area contributed by atoms with Gasteiger partial charge in [-0.25, -0.2) is 9.59 Å². The summed E-state index contributed by atoms with van der Waals surface area (Å²) in [6, 6.07) is -1.46. The minimum atomic E-state index is -1.04. The standard InChI is InChI=1S/C11H19N3O4S/c1-19-5-4-8(10(16)17)14-11(18)12-6-7-2-3-9(15)13-7/h7-8H,2-6H2,1H3,(H,13,15)(H,16,17)(H2,12,14,18)/t7?,8-/m1/s1. The summed E-state index contributed by atoms with van der Waals surface area (Å²) in [5, 5.41) is 16.7. The average molecular weight is 289 g/mol. The lowest BCUT2D eigenvalue weighted by atomic mass is 10.2. The molecule has 0 aromatic heterocycles. The molecule has 4 N–H and O–H groups in total. The van der Waals surface area contributed by atoms with Crippen LogP contribution in [0, 0.1) is 0 Å². The molecule has 108 valence electrons. The Bertz CT molecular complexity index is 351. The smallest absolute Gasteiger partial charge is 0.326 e. The molecule has 1 aliphatic heterocycles. The second-order valence-electron chi connectivity index (χ2n) is 4.33. The molecule has 1 fully saturated rings. The van der Waals surface area contributed by atoms with Gasteiger partial charge in [0.1, 0.15) is 6.04 Å². The van der Waals surface area contributed by atoms with Crippen LogP contribution < -0.4 is 16.0 Å². The lowest BCUT2D eigenvalue weighted by Gasteiger charge is -2.16. The molecular formula is C11H19N3O4S. The molecule has 19 heavy (non-hydrogen) atoms. The molecule has 0 saturated carbocycles. The van der Waals surface area contributed by atoms with Gasteiger partial charge in [0.2, 0.25) is 5.91 Å². The topological polar surface area (TPSA) is 108 Å². The first kappa shape index (κ1) is 15.6. The number of aliphatic carboxylic acids is 1. The summed E-state index contributed by atoms with van der Waals surface area (Å²) in [6.45, 7) is 0.312. The zero-order valence-corrected chi connectivity index (χ0v) is 11.6. The highest BCUT2D eigenvalue weighted by Crippen LogP contribution is 2.05. The van der Waals surface area contributed by atoms with Crippen molar-refractivity contribution in [1.82, 2.24) is 16.0 Å². The average Bonchev–Trinajstić information content (AvgIpc) is 2.77. The number of rotatable bonds is 7. The number of urea groups is 1. The SMILES string of the molecule is CSCC[C@@H](NC(=O)NCC1CCC(=O)N1)C(=O)O. The Balaban J connectivity index is 2.27. The Labute approximate surface area is 115 Å². The molecule has 1 unspecified atom stereocenters. The molecule has 1 rings (SSSR count). The first-order valence-corrected chi connectivity index (χ1v) is 7.47. The molecule has 0 bridgehead atoms. The summed E-state index contributed by atoms with van der Waals surface area (Å²) < 4.78 is 0. The summed E-state index contributed by atoms with van der Waals surface area (Å²) in [5.74, 6) is -0.399. The number of hydrogen-bond acceptors (Lipinski definition) is 4. The molecule has 1 heterocycles.